The van der Waals surface area contributed by atoms with Crippen molar-refractivity contribution >= 4 is 15.7 Å². The number of piperidine rings is 1. The molecule has 106 valence electrons. The Hall–Kier alpha value is -0.620. The van der Waals surface area contributed by atoms with E-state index >= 15 is 0 Å². The summed E-state index contributed by atoms with van der Waals surface area (Å²) in [5.41, 5.74) is 4.96. The highest BCUT2D eigenvalue weighted by Gasteiger charge is 2.23. The average Bonchev–Trinajstić information content (AvgIpc) is 2.23. The van der Waals surface area contributed by atoms with Crippen LogP contribution in [0.25, 0.3) is 0 Å². The maximum absolute atomic E-state index is 11.7. The molecular formula is C12H24N2O3S. The maximum Gasteiger partial charge on any atom is 0.218 e. The van der Waals surface area contributed by atoms with Gasteiger partial charge in [-0.05, 0) is 18.3 Å². The maximum atomic E-state index is 11.7. The lowest BCUT2D eigenvalue weighted by Gasteiger charge is -2.34. The van der Waals surface area contributed by atoms with Gasteiger partial charge >= 0.3 is 0 Å². The number of nitrogens with two attached hydrogens (primary N) is 1. The van der Waals surface area contributed by atoms with Gasteiger partial charge in [0.25, 0.3) is 0 Å². The number of primary amides is 1. The van der Waals surface area contributed by atoms with E-state index in [1.807, 2.05) is 0 Å². The number of hydrogen-bond donors (Lipinski definition) is 1. The van der Waals surface area contributed by atoms with Gasteiger partial charge in [-0.1, -0.05) is 13.8 Å². The number of carbonyl (C=O) groups excluding carboxylic acids is 1. The summed E-state index contributed by atoms with van der Waals surface area (Å²) in [5, 5.41) is 0. The molecule has 1 amide bonds. The van der Waals surface area contributed by atoms with Crippen molar-refractivity contribution in [2.24, 2.45) is 17.6 Å². The van der Waals surface area contributed by atoms with Crippen molar-refractivity contribution in [3.05, 3.63) is 0 Å². The first-order valence-electron chi connectivity index (χ1n) is 6.49. The molecule has 1 aliphatic rings. The molecule has 1 saturated heterocycles. The highest BCUT2D eigenvalue weighted by atomic mass is 32.2. The highest BCUT2D eigenvalue weighted by molar-refractivity contribution is 7.91. The molecule has 2 N–H and O–H groups in total. The largest absolute Gasteiger partial charge is 0.370 e. The van der Waals surface area contributed by atoms with Gasteiger partial charge in [-0.15, -0.1) is 0 Å². The van der Waals surface area contributed by atoms with Gasteiger partial charge in [0.05, 0.1) is 11.5 Å². The van der Waals surface area contributed by atoms with E-state index < -0.39 is 15.7 Å². The summed E-state index contributed by atoms with van der Waals surface area (Å²) in [7, 11) is -3.15. The van der Waals surface area contributed by atoms with Gasteiger partial charge < -0.3 is 10.6 Å². The molecule has 0 aromatic rings. The van der Waals surface area contributed by atoms with Gasteiger partial charge in [0, 0.05) is 26.1 Å². The Morgan fingerprint density at radius 2 is 1.78 bits per heavy atom. The number of amides is 1. The van der Waals surface area contributed by atoms with Gasteiger partial charge in [-0.2, -0.15) is 0 Å². The molecule has 0 aromatic heterocycles. The smallest absolute Gasteiger partial charge is 0.218 e. The van der Waals surface area contributed by atoms with Crippen LogP contribution < -0.4 is 5.73 Å². The third kappa shape index (κ3) is 5.82. The van der Waals surface area contributed by atoms with Crippen LogP contribution >= 0.6 is 0 Å². The molecule has 1 aliphatic heterocycles. The number of likely N-dealkylation sites (tertiary alicyclic amines) is 1. The van der Waals surface area contributed by atoms with Crippen LogP contribution in [-0.2, 0) is 14.6 Å². The minimum absolute atomic E-state index is 0.0743. The summed E-state index contributed by atoms with van der Waals surface area (Å²) >= 11 is 0. The minimum Gasteiger partial charge on any atom is -0.370 e. The van der Waals surface area contributed by atoms with Crippen molar-refractivity contribution in [1.82, 2.24) is 4.90 Å². The molecule has 1 fully saturated rings. The zero-order valence-electron chi connectivity index (χ0n) is 11.3. The normalized spacial score (nSPS) is 26.1. The Morgan fingerprint density at radius 3 is 2.28 bits per heavy atom. The Labute approximate surface area is 110 Å². The monoisotopic (exact) mass is 276 g/mol. The van der Waals surface area contributed by atoms with Gasteiger partial charge in [0.15, 0.2) is 9.84 Å². The van der Waals surface area contributed by atoms with Crippen LogP contribution in [0.15, 0.2) is 0 Å². The summed E-state index contributed by atoms with van der Waals surface area (Å²) in [6.45, 7) is 6.90. The highest BCUT2D eigenvalue weighted by Crippen LogP contribution is 2.20. The summed E-state index contributed by atoms with van der Waals surface area (Å²) < 4.78 is 23.4. The molecule has 0 aromatic carbocycles. The first kappa shape index (κ1) is 15.4. The first-order chi connectivity index (χ1) is 8.28. The van der Waals surface area contributed by atoms with Crippen LogP contribution in [0.1, 0.15) is 26.7 Å². The minimum atomic E-state index is -3.15. The van der Waals surface area contributed by atoms with Crippen molar-refractivity contribution in [3.8, 4) is 0 Å². The predicted octanol–water partition coefficient (Wildman–Crippen LogP) is 0.255. The lowest BCUT2D eigenvalue weighted by molar-refractivity contribution is -0.117. The molecule has 5 nitrogen and oxygen atoms in total. The molecule has 0 spiro atoms. The van der Waals surface area contributed by atoms with E-state index in [9.17, 15) is 13.2 Å². The summed E-state index contributed by atoms with van der Waals surface area (Å²) in [6.07, 6.45) is 1.14. The van der Waals surface area contributed by atoms with Gasteiger partial charge in [0.2, 0.25) is 5.91 Å². The van der Waals surface area contributed by atoms with E-state index in [0.717, 1.165) is 13.1 Å². The average molecular weight is 276 g/mol. The van der Waals surface area contributed by atoms with Crippen molar-refractivity contribution in [3.63, 3.8) is 0 Å². The molecule has 0 saturated carbocycles. The van der Waals surface area contributed by atoms with Crippen LogP contribution in [0.4, 0.5) is 0 Å². The second-order valence-electron chi connectivity index (χ2n) is 5.57. The summed E-state index contributed by atoms with van der Waals surface area (Å²) in [5.74, 6) is 0.698. The van der Waals surface area contributed by atoms with E-state index in [-0.39, 0.29) is 17.9 Å². The van der Waals surface area contributed by atoms with Gasteiger partial charge in [-0.3, -0.25) is 4.79 Å². The fourth-order valence-electron chi connectivity index (χ4n) is 2.60. The van der Waals surface area contributed by atoms with Crippen molar-refractivity contribution < 1.29 is 13.2 Å². The number of rotatable bonds is 6. The molecule has 1 heterocycles. The first-order valence-corrected chi connectivity index (χ1v) is 8.31. The zero-order chi connectivity index (χ0) is 13.8. The number of sulfone groups is 1. The Morgan fingerprint density at radius 1 is 1.22 bits per heavy atom. The van der Waals surface area contributed by atoms with Crippen molar-refractivity contribution in [1.29, 1.82) is 0 Å². The summed E-state index contributed by atoms with van der Waals surface area (Å²) in [4.78, 5) is 12.8. The van der Waals surface area contributed by atoms with E-state index in [0.29, 0.717) is 18.4 Å². The molecule has 2 unspecified atom stereocenters. The second-order valence-corrected chi connectivity index (χ2v) is 7.88. The lowest BCUT2D eigenvalue weighted by atomic mass is 9.92. The SMILES string of the molecule is CC1CC(C)CN(CCS(=O)(=O)CCC(N)=O)C1. The molecular weight excluding hydrogens is 252 g/mol. The zero-order valence-corrected chi connectivity index (χ0v) is 12.1. The molecule has 1 rings (SSSR count). The van der Waals surface area contributed by atoms with E-state index in [1.165, 1.54) is 6.42 Å². The van der Waals surface area contributed by atoms with Crippen LogP contribution in [0, 0.1) is 11.8 Å². The predicted molar refractivity (Wildman–Crippen MR) is 71.9 cm³/mol. The number of carbonyl (C=O) groups is 1. The fraction of sp³-hybridized carbons (Fsp3) is 0.917. The van der Waals surface area contributed by atoms with Gasteiger partial charge in [0.1, 0.15) is 0 Å². The quantitative estimate of drug-likeness (QED) is 0.754. The number of nitrogens with zero attached hydrogens (tertiary/aromatic N) is 1. The molecule has 18 heavy (non-hydrogen) atoms. The van der Waals surface area contributed by atoms with Crippen LogP contribution in [0.2, 0.25) is 0 Å². The Balaban J connectivity index is 2.37. The lowest BCUT2D eigenvalue weighted by Crippen LogP contribution is -2.41. The Kier molecular flexibility index (Phi) is 5.59. The van der Waals surface area contributed by atoms with Crippen LogP contribution in [-0.4, -0.2) is 50.4 Å². The van der Waals surface area contributed by atoms with Gasteiger partial charge in [-0.25, -0.2) is 8.42 Å². The standard InChI is InChI=1S/C12H24N2O3S/c1-10-7-11(2)9-14(8-10)4-6-18(16,17)5-3-12(13)15/h10-11H,3-9H2,1-2H3,(H2,13,15). The van der Waals surface area contributed by atoms with E-state index in [2.05, 4.69) is 18.7 Å². The van der Waals surface area contributed by atoms with Crippen LogP contribution in [0.3, 0.4) is 0 Å². The third-order valence-corrected chi connectivity index (χ3v) is 4.95. The topological polar surface area (TPSA) is 80.5 Å². The van der Waals surface area contributed by atoms with Crippen molar-refractivity contribution in [2.75, 3.05) is 31.1 Å². The number of hydrogen-bond acceptors (Lipinski definition) is 4. The molecule has 0 aliphatic carbocycles. The fourth-order valence-corrected chi connectivity index (χ4v) is 3.85. The van der Waals surface area contributed by atoms with E-state index in [4.69, 9.17) is 5.73 Å². The van der Waals surface area contributed by atoms with Crippen LogP contribution in [0.5, 0.6) is 0 Å². The molecule has 0 radical (unpaired) electrons. The molecule has 2 atom stereocenters. The van der Waals surface area contributed by atoms with Crippen molar-refractivity contribution in [2.45, 2.75) is 26.7 Å². The third-order valence-electron chi connectivity index (χ3n) is 3.32. The van der Waals surface area contributed by atoms with E-state index in [1.54, 1.807) is 0 Å². The molecule has 0 bridgehead atoms. The molecule has 6 heteroatoms. The Bertz CT molecular complexity index is 371. The summed E-state index contributed by atoms with van der Waals surface area (Å²) in [6, 6.07) is 0. The second kappa shape index (κ2) is 6.52.